The van der Waals surface area contributed by atoms with Crippen LogP contribution in [-0.2, 0) is 20.9 Å². The maximum atomic E-state index is 11.7. The molecule has 22 heavy (non-hydrogen) atoms. The Labute approximate surface area is 131 Å². The second kappa shape index (κ2) is 6.75. The number of aromatic nitrogens is 1. The average molecular weight is 304 g/mol. The van der Waals surface area contributed by atoms with Crippen LogP contribution in [0.4, 0.5) is 0 Å². The Kier molecular flexibility index (Phi) is 4.74. The van der Waals surface area contributed by atoms with Crippen molar-refractivity contribution >= 4 is 5.91 Å². The molecule has 2 aliphatic heterocycles. The molecule has 2 fully saturated rings. The fourth-order valence-electron chi connectivity index (χ4n) is 3.61. The van der Waals surface area contributed by atoms with Crippen LogP contribution in [0.1, 0.15) is 31.9 Å². The van der Waals surface area contributed by atoms with E-state index in [9.17, 15) is 4.79 Å². The Balaban J connectivity index is 1.64. The maximum Gasteiger partial charge on any atom is 0.219 e. The summed E-state index contributed by atoms with van der Waals surface area (Å²) in [5.74, 6) is 0.146. The number of pyridine rings is 1. The molecule has 0 saturated carbocycles. The molecule has 2 atom stereocenters. The van der Waals surface area contributed by atoms with Crippen molar-refractivity contribution in [2.45, 2.75) is 38.9 Å². The lowest BCUT2D eigenvalue weighted by molar-refractivity contribution is -0.164. The van der Waals surface area contributed by atoms with Gasteiger partial charge in [-0.1, -0.05) is 6.07 Å². The molecule has 120 valence electrons. The number of fused-ring (bicyclic) bond motifs is 1. The lowest BCUT2D eigenvalue weighted by atomic mass is 9.73. The van der Waals surface area contributed by atoms with Gasteiger partial charge in [-0.25, -0.2) is 0 Å². The van der Waals surface area contributed by atoms with E-state index in [1.165, 1.54) is 0 Å². The Morgan fingerprint density at radius 1 is 1.55 bits per heavy atom. The topological polar surface area (TPSA) is 51.7 Å². The summed E-state index contributed by atoms with van der Waals surface area (Å²) < 4.78 is 11.9. The quantitative estimate of drug-likeness (QED) is 0.854. The second-order valence-corrected chi connectivity index (χ2v) is 6.37. The zero-order valence-electron chi connectivity index (χ0n) is 13.2. The van der Waals surface area contributed by atoms with Crippen molar-refractivity contribution in [1.29, 1.82) is 0 Å². The van der Waals surface area contributed by atoms with Crippen molar-refractivity contribution in [3.63, 3.8) is 0 Å². The Bertz CT molecular complexity index is 508. The van der Waals surface area contributed by atoms with Crippen LogP contribution in [0.15, 0.2) is 24.4 Å². The van der Waals surface area contributed by atoms with E-state index in [0.29, 0.717) is 13.2 Å². The fourth-order valence-corrected chi connectivity index (χ4v) is 3.61. The van der Waals surface area contributed by atoms with Gasteiger partial charge in [0.25, 0.3) is 0 Å². The normalized spacial score (nSPS) is 28.2. The summed E-state index contributed by atoms with van der Waals surface area (Å²) >= 11 is 0. The molecule has 5 nitrogen and oxygen atoms in total. The molecule has 1 aromatic rings. The number of amides is 1. The first kappa shape index (κ1) is 15.4. The molecule has 0 bridgehead atoms. The fraction of sp³-hybridized carbons (Fsp3) is 0.647. The van der Waals surface area contributed by atoms with Crippen LogP contribution in [0.5, 0.6) is 0 Å². The number of rotatable bonds is 4. The highest BCUT2D eigenvalue weighted by Crippen LogP contribution is 2.40. The molecule has 0 N–H and O–H groups in total. The molecule has 0 aromatic carbocycles. The Morgan fingerprint density at radius 2 is 2.45 bits per heavy atom. The van der Waals surface area contributed by atoms with E-state index in [4.69, 9.17) is 9.47 Å². The lowest BCUT2D eigenvalue weighted by Gasteiger charge is -2.50. The minimum Gasteiger partial charge on any atom is -0.377 e. The molecule has 0 radical (unpaired) electrons. The number of nitrogens with zero attached hydrogens (tertiary/aromatic N) is 2. The third-order valence-electron chi connectivity index (χ3n) is 4.80. The van der Waals surface area contributed by atoms with E-state index >= 15 is 0 Å². The van der Waals surface area contributed by atoms with Crippen molar-refractivity contribution in [3.8, 4) is 0 Å². The summed E-state index contributed by atoms with van der Waals surface area (Å²) in [5, 5.41) is 0. The van der Waals surface area contributed by atoms with Crippen LogP contribution in [0.2, 0.25) is 0 Å². The number of hydrogen-bond acceptors (Lipinski definition) is 4. The van der Waals surface area contributed by atoms with E-state index in [1.54, 1.807) is 13.1 Å². The molecule has 1 amide bonds. The monoisotopic (exact) mass is 304 g/mol. The smallest absolute Gasteiger partial charge is 0.219 e. The summed E-state index contributed by atoms with van der Waals surface area (Å²) in [7, 11) is 0. The van der Waals surface area contributed by atoms with Crippen molar-refractivity contribution in [2.75, 3.05) is 26.3 Å². The van der Waals surface area contributed by atoms with Crippen molar-refractivity contribution in [1.82, 2.24) is 9.88 Å². The van der Waals surface area contributed by atoms with Gasteiger partial charge in [-0.05, 0) is 31.4 Å². The summed E-state index contributed by atoms with van der Waals surface area (Å²) in [6.07, 6.45) is 4.99. The first-order valence-electron chi connectivity index (χ1n) is 8.04. The number of hydrogen-bond donors (Lipinski definition) is 0. The van der Waals surface area contributed by atoms with Gasteiger partial charge < -0.3 is 14.4 Å². The predicted octanol–water partition coefficient (Wildman–Crippen LogP) is 2.02. The number of piperidine rings is 1. The van der Waals surface area contributed by atoms with Gasteiger partial charge in [0.1, 0.15) is 0 Å². The van der Waals surface area contributed by atoms with Gasteiger partial charge in [0.2, 0.25) is 5.91 Å². The van der Waals surface area contributed by atoms with Gasteiger partial charge in [0.15, 0.2) is 0 Å². The van der Waals surface area contributed by atoms with Crippen LogP contribution < -0.4 is 0 Å². The second-order valence-electron chi connectivity index (χ2n) is 6.37. The summed E-state index contributed by atoms with van der Waals surface area (Å²) in [6, 6.07) is 5.84. The highest BCUT2D eigenvalue weighted by atomic mass is 16.5. The summed E-state index contributed by atoms with van der Waals surface area (Å²) in [6.45, 7) is 5.14. The van der Waals surface area contributed by atoms with Crippen LogP contribution >= 0.6 is 0 Å². The molecule has 1 aromatic heterocycles. The number of likely N-dealkylation sites (tertiary alicyclic amines) is 1. The zero-order valence-corrected chi connectivity index (χ0v) is 13.2. The lowest BCUT2D eigenvalue weighted by Crippen LogP contribution is -2.57. The van der Waals surface area contributed by atoms with E-state index in [-0.39, 0.29) is 17.4 Å². The molecule has 2 aliphatic rings. The molecule has 0 spiro atoms. The van der Waals surface area contributed by atoms with Crippen LogP contribution in [0.3, 0.4) is 0 Å². The van der Waals surface area contributed by atoms with Crippen molar-refractivity contribution in [3.05, 3.63) is 30.1 Å². The van der Waals surface area contributed by atoms with E-state index in [1.807, 2.05) is 23.1 Å². The third kappa shape index (κ3) is 3.31. The van der Waals surface area contributed by atoms with Gasteiger partial charge in [0.05, 0.1) is 25.0 Å². The SMILES string of the molecule is CC(=O)N1CC[C@H]2OCCC[C@@]2(COCc2ccccn2)C1. The third-order valence-corrected chi connectivity index (χ3v) is 4.80. The minimum atomic E-state index is -0.0586. The van der Waals surface area contributed by atoms with Crippen LogP contribution in [0, 0.1) is 5.41 Å². The van der Waals surface area contributed by atoms with E-state index in [0.717, 1.165) is 44.7 Å². The van der Waals surface area contributed by atoms with Crippen molar-refractivity contribution in [2.24, 2.45) is 5.41 Å². The van der Waals surface area contributed by atoms with Gasteiger partial charge in [-0.2, -0.15) is 0 Å². The number of carbonyl (C=O) groups is 1. The highest BCUT2D eigenvalue weighted by Gasteiger charge is 2.46. The molecular weight excluding hydrogens is 280 g/mol. The average Bonchev–Trinajstić information content (AvgIpc) is 2.55. The zero-order chi connectivity index (χ0) is 15.4. The standard InChI is InChI=1S/C17H24N2O3/c1-14(20)19-9-6-16-17(12-19,7-4-10-22-16)13-21-11-15-5-2-3-8-18-15/h2-3,5,8,16H,4,6-7,9-13H2,1H3/t16-,17+/m1/s1. The van der Waals surface area contributed by atoms with Gasteiger partial charge >= 0.3 is 0 Å². The minimum absolute atomic E-state index is 0.0586. The molecule has 0 aliphatic carbocycles. The van der Waals surface area contributed by atoms with Gasteiger partial charge in [-0.15, -0.1) is 0 Å². The van der Waals surface area contributed by atoms with Crippen LogP contribution in [0.25, 0.3) is 0 Å². The first-order valence-corrected chi connectivity index (χ1v) is 8.04. The number of ether oxygens (including phenoxy) is 2. The molecule has 3 rings (SSSR count). The summed E-state index contributed by atoms with van der Waals surface area (Å²) in [5.41, 5.74) is 0.878. The molecular formula is C17H24N2O3. The maximum absolute atomic E-state index is 11.7. The number of carbonyl (C=O) groups excluding carboxylic acids is 1. The molecule has 0 unspecified atom stereocenters. The van der Waals surface area contributed by atoms with Crippen LogP contribution in [-0.4, -0.2) is 48.2 Å². The van der Waals surface area contributed by atoms with E-state index in [2.05, 4.69) is 4.98 Å². The Hall–Kier alpha value is -1.46. The first-order chi connectivity index (χ1) is 10.7. The van der Waals surface area contributed by atoms with E-state index < -0.39 is 0 Å². The Morgan fingerprint density at radius 3 is 3.23 bits per heavy atom. The molecule has 2 saturated heterocycles. The predicted molar refractivity (Wildman–Crippen MR) is 82.2 cm³/mol. The molecule has 3 heterocycles. The van der Waals surface area contributed by atoms with Crippen molar-refractivity contribution < 1.29 is 14.3 Å². The summed E-state index contributed by atoms with van der Waals surface area (Å²) in [4.78, 5) is 18.0. The van der Waals surface area contributed by atoms with Gasteiger partial charge in [0, 0.05) is 38.2 Å². The van der Waals surface area contributed by atoms with Gasteiger partial charge in [-0.3, -0.25) is 9.78 Å². The largest absolute Gasteiger partial charge is 0.377 e. The highest BCUT2D eigenvalue weighted by molar-refractivity contribution is 5.73. The molecule has 5 heteroatoms.